The van der Waals surface area contributed by atoms with E-state index in [-0.39, 0.29) is 0 Å². The van der Waals surface area contributed by atoms with Crippen LogP contribution in [0.2, 0.25) is 0 Å². The molecular weight excluding hydrogens is 211 g/mol. The van der Waals surface area contributed by atoms with Crippen molar-refractivity contribution in [1.82, 2.24) is 0 Å². The molecule has 0 heterocycles. The van der Waals surface area contributed by atoms with Gasteiger partial charge in [0.15, 0.2) is 0 Å². The van der Waals surface area contributed by atoms with Crippen LogP contribution < -0.4 is 4.74 Å². The van der Waals surface area contributed by atoms with Crippen LogP contribution in [0.3, 0.4) is 0 Å². The van der Waals surface area contributed by atoms with Crippen LogP contribution in [0.5, 0.6) is 5.75 Å². The Hall–Kier alpha value is -1.58. The lowest BCUT2D eigenvalue weighted by molar-refractivity contribution is -0.142. The van der Waals surface area contributed by atoms with E-state index in [1.54, 1.807) is 12.1 Å². The number of methoxy groups -OCH3 is 2. The Bertz CT molecular complexity index is 377. The molecular formula is C12H15FO3. The van der Waals surface area contributed by atoms with Crippen molar-refractivity contribution in [3.8, 4) is 5.75 Å². The van der Waals surface area contributed by atoms with Gasteiger partial charge in [-0.05, 0) is 12.5 Å². The highest BCUT2D eigenvalue weighted by Gasteiger charge is 2.22. The van der Waals surface area contributed by atoms with E-state index < -0.39 is 17.7 Å². The Kier molecular flexibility index (Phi) is 4.28. The molecule has 16 heavy (non-hydrogen) atoms. The lowest BCUT2D eigenvalue weighted by Crippen LogP contribution is -2.14. The molecule has 0 bridgehead atoms. The number of hydrogen-bond donors (Lipinski definition) is 0. The average Bonchev–Trinajstić information content (AvgIpc) is 2.31. The number of benzene rings is 1. The zero-order valence-electron chi connectivity index (χ0n) is 9.62. The Balaban J connectivity index is 3.06. The van der Waals surface area contributed by atoms with Crippen molar-refractivity contribution in [3.63, 3.8) is 0 Å². The summed E-state index contributed by atoms with van der Waals surface area (Å²) in [4.78, 5) is 11.4. The zero-order valence-corrected chi connectivity index (χ0v) is 9.62. The van der Waals surface area contributed by atoms with Crippen molar-refractivity contribution < 1.29 is 18.7 Å². The summed E-state index contributed by atoms with van der Waals surface area (Å²) >= 11 is 0. The third-order valence-electron chi connectivity index (χ3n) is 2.48. The molecule has 0 N–H and O–H groups in total. The van der Waals surface area contributed by atoms with Gasteiger partial charge in [-0.2, -0.15) is 0 Å². The molecule has 1 aromatic carbocycles. The lowest BCUT2D eigenvalue weighted by Gasteiger charge is -2.14. The predicted octanol–water partition coefficient (Wildman–Crippen LogP) is 2.50. The van der Waals surface area contributed by atoms with Crippen LogP contribution in [-0.2, 0) is 9.53 Å². The van der Waals surface area contributed by atoms with Crippen LogP contribution in [-0.4, -0.2) is 20.2 Å². The molecule has 0 aliphatic rings. The number of rotatable bonds is 4. The molecule has 88 valence electrons. The maximum Gasteiger partial charge on any atom is 0.313 e. The smallest absolute Gasteiger partial charge is 0.313 e. The largest absolute Gasteiger partial charge is 0.497 e. The highest BCUT2D eigenvalue weighted by Crippen LogP contribution is 2.26. The molecule has 0 radical (unpaired) electrons. The minimum atomic E-state index is -0.559. The molecule has 0 amide bonds. The lowest BCUT2D eigenvalue weighted by atomic mass is 9.96. The molecule has 0 fully saturated rings. The number of carbonyl (C=O) groups excluding carboxylic acids is 1. The molecule has 4 heteroatoms. The quantitative estimate of drug-likeness (QED) is 0.740. The van der Waals surface area contributed by atoms with E-state index in [2.05, 4.69) is 4.74 Å². The first kappa shape index (κ1) is 12.5. The summed E-state index contributed by atoms with van der Waals surface area (Å²) in [6.07, 6.45) is 0.496. The van der Waals surface area contributed by atoms with Crippen molar-refractivity contribution in [2.45, 2.75) is 19.3 Å². The number of ether oxygens (including phenoxy) is 2. The highest BCUT2D eigenvalue weighted by atomic mass is 19.1. The molecule has 0 saturated carbocycles. The summed E-state index contributed by atoms with van der Waals surface area (Å²) in [7, 11) is 2.76. The van der Waals surface area contributed by atoms with Crippen LogP contribution in [0.4, 0.5) is 4.39 Å². The minimum absolute atomic E-state index is 0.343. The SMILES string of the molecule is CCC(C(=O)OC)c1ccc(OC)cc1F. The van der Waals surface area contributed by atoms with Gasteiger partial charge in [-0.1, -0.05) is 13.0 Å². The van der Waals surface area contributed by atoms with Crippen molar-refractivity contribution >= 4 is 5.97 Å². The molecule has 0 saturated heterocycles. The normalized spacial score (nSPS) is 12.0. The Morgan fingerprint density at radius 3 is 2.56 bits per heavy atom. The molecule has 1 atom stereocenters. The number of carbonyl (C=O) groups is 1. The Morgan fingerprint density at radius 1 is 1.44 bits per heavy atom. The Labute approximate surface area is 94.2 Å². The Morgan fingerprint density at radius 2 is 2.12 bits per heavy atom. The van der Waals surface area contributed by atoms with Crippen molar-refractivity contribution in [2.24, 2.45) is 0 Å². The summed E-state index contributed by atoms with van der Waals surface area (Å²) in [5.74, 6) is -1.000. The fourth-order valence-electron chi connectivity index (χ4n) is 1.57. The molecule has 1 aromatic rings. The van der Waals surface area contributed by atoms with E-state index in [0.29, 0.717) is 17.7 Å². The second kappa shape index (κ2) is 5.49. The van der Waals surface area contributed by atoms with Crippen LogP contribution in [0, 0.1) is 5.82 Å². The monoisotopic (exact) mass is 226 g/mol. The summed E-state index contributed by atoms with van der Waals surface area (Å²) in [6, 6.07) is 4.45. The van der Waals surface area contributed by atoms with Crippen LogP contribution >= 0.6 is 0 Å². The second-order valence-corrected chi connectivity index (χ2v) is 3.37. The van der Waals surface area contributed by atoms with Gasteiger partial charge in [0, 0.05) is 11.6 Å². The van der Waals surface area contributed by atoms with Gasteiger partial charge >= 0.3 is 5.97 Å². The molecule has 1 unspecified atom stereocenters. The number of hydrogen-bond acceptors (Lipinski definition) is 3. The van der Waals surface area contributed by atoms with E-state index in [1.165, 1.54) is 20.3 Å². The maximum absolute atomic E-state index is 13.7. The first-order valence-corrected chi connectivity index (χ1v) is 5.05. The second-order valence-electron chi connectivity index (χ2n) is 3.37. The minimum Gasteiger partial charge on any atom is -0.497 e. The molecule has 0 aromatic heterocycles. The van der Waals surface area contributed by atoms with Gasteiger partial charge in [-0.25, -0.2) is 4.39 Å². The topological polar surface area (TPSA) is 35.5 Å². The fourth-order valence-corrected chi connectivity index (χ4v) is 1.57. The fraction of sp³-hybridized carbons (Fsp3) is 0.417. The summed E-state index contributed by atoms with van der Waals surface area (Å²) in [5, 5.41) is 0. The van der Waals surface area contributed by atoms with E-state index in [1.807, 2.05) is 6.92 Å². The van der Waals surface area contributed by atoms with Crippen molar-refractivity contribution in [3.05, 3.63) is 29.6 Å². The van der Waals surface area contributed by atoms with Gasteiger partial charge < -0.3 is 9.47 Å². The highest BCUT2D eigenvalue weighted by molar-refractivity contribution is 5.78. The third-order valence-corrected chi connectivity index (χ3v) is 2.48. The van der Waals surface area contributed by atoms with Crippen molar-refractivity contribution in [2.75, 3.05) is 14.2 Å². The van der Waals surface area contributed by atoms with Gasteiger partial charge in [-0.3, -0.25) is 4.79 Å². The van der Waals surface area contributed by atoms with Gasteiger partial charge in [0.05, 0.1) is 20.1 Å². The number of halogens is 1. The summed E-state index contributed by atoms with van der Waals surface area (Å²) in [6.45, 7) is 1.81. The zero-order chi connectivity index (χ0) is 12.1. The van der Waals surface area contributed by atoms with Gasteiger partial charge in [0.25, 0.3) is 0 Å². The molecule has 0 spiro atoms. The third kappa shape index (κ3) is 2.51. The van der Waals surface area contributed by atoms with E-state index in [9.17, 15) is 9.18 Å². The molecule has 1 rings (SSSR count). The first-order chi connectivity index (χ1) is 7.63. The average molecular weight is 226 g/mol. The van der Waals surface area contributed by atoms with Crippen LogP contribution in [0.15, 0.2) is 18.2 Å². The maximum atomic E-state index is 13.7. The van der Waals surface area contributed by atoms with Gasteiger partial charge in [0.2, 0.25) is 0 Å². The molecule has 0 aliphatic heterocycles. The number of esters is 1. The van der Waals surface area contributed by atoms with E-state index in [4.69, 9.17) is 4.74 Å². The van der Waals surface area contributed by atoms with Crippen LogP contribution in [0.25, 0.3) is 0 Å². The van der Waals surface area contributed by atoms with E-state index >= 15 is 0 Å². The van der Waals surface area contributed by atoms with Gasteiger partial charge in [-0.15, -0.1) is 0 Å². The summed E-state index contributed by atoms with van der Waals surface area (Å²) in [5.41, 5.74) is 0.343. The van der Waals surface area contributed by atoms with Crippen LogP contribution in [0.1, 0.15) is 24.8 Å². The van der Waals surface area contributed by atoms with Crippen molar-refractivity contribution in [1.29, 1.82) is 0 Å². The molecule has 0 aliphatic carbocycles. The predicted molar refractivity (Wildman–Crippen MR) is 58.0 cm³/mol. The molecule has 3 nitrogen and oxygen atoms in total. The van der Waals surface area contributed by atoms with Gasteiger partial charge in [0.1, 0.15) is 11.6 Å². The standard InChI is InChI=1S/C12H15FO3/c1-4-9(12(14)16-3)10-6-5-8(15-2)7-11(10)13/h5-7,9H,4H2,1-3H3. The summed E-state index contributed by atoms with van der Waals surface area (Å²) < 4.78 is 23.2. The van der Waals surface area contributed by atoms with E-state index in [0.717, 1.165) is 0 Å². The first-order valence-electron chi connectivity index (χ1n) is 5.05.